The monoisotopic (exact) mass is 400 g/mol. The molecule has 160 valence electrons. The minimum absolute atomic E-state index is 0.0145. The number of carboxylic acids is 1. The molecule has 5 rings (SSSR count). The Kier molecular flexibility index (Phi) is 4.07. The zero-order valence-electron chi connectivity index (χ0n) is 18.5. The summed E-state index contributed by atoms with van der Waals surface area (Å²) < 4.78 is 6.21. The third-order valence-corrected chi connectivity index (χ3v) is 10.6. The van der Waals surface area contributed by atoms with E-state index in [-0.39, 0.29) is 27.9 Å². The van der Waals surface area contributed by atoms with Gasteiger partial charge in [0.05, 0.1) is 19.1 Å². The van der Waals surface area contributed by atoms with E-state index >= 15 is 0 Å². The number of aliphatic carboxylic acids is 1. The van der Waals surface area contributed by atoms with Crippen molar-refractivity contribution in [1.29, 1.82) is 0 Å². The van der Waals surface area contributed by atoms with Gasteiger partial charge >= 0.3 is 5.97 Å². The molecule has 7 unspecified atom stereocenters. The lowest BCUT2D eigenvalue weighted by Crippen LogP contribution is -2.63. The second-order valence-electron chi connectivity index (χ2n) is 11.7. The fourth-order valence-electron chi connectivity index (χ4n) is 8.97. The van der Waals surface area contributed by atoms with Crippen molar-refractivity contribution in [3.63, 3.8) is 0 Å². The number of hydrogen-bond donors (Lipinski definition) is 1. The molecule has 4 aliphatic carbocycles. The molecule has 0 amide bonds. The van der Waals surface area contributed by atoms with Gasteiger partial charge in [0.25, 0.3) is 0 Å². The van der Waals surface area contributed by atoms with E-state index in [2.05, 4.69) is 13.8 Å². The summed E-state index contributed by atoms with van der Waals surface area (Å²) in [6, 6.07) is 0. The van der Waals surface area contributed by atoms with Gasteiger partial charge in [0.15, 0.2) is 0 Å². The molecular formula is C25H36O4. The van der Waals surface area contributed by atoms with Gasteiger partial charge in [-0.3, -0.25) is 9.59 Å². The average molecular weight is 401 g/mol. The zero-order valence-corrected chi connectivity index (χ0v) is 18.5. The first kappa shape index (κ1) is 19.8. The first-order valence-electron chi connectivity index (χ1n) is 11.7. The molecule has 1 heterocycles. The Balaban J connectivity index is 1.69. The molecule has 4 heteroatoms. The van der Waals surface area contributed by atoms with Crippen LogP contribution in [0.4, 0.5) is 0 Å². The summed E-state index contributed by atoms with van der Waals surface area (Å²) >= 11 is 0. The normalized spacial score (nSPS) is 51.7. The minimum Gasteiger partial charge on any atom is -0.481 e. The number of hydrogen-bond acceptors (Lipinski definition) is 3. The Morgan fingerprint density at radius 1 is 1.07 bits per heavy atom. The van der Waals surface area contributed by atoms with E-state index < -0.39 is 17.3 Å². The maximum absolute atomic E-state index is 13.8. The summed E-state index contributed by atoms with van der Waals surface area (Å²) in [5.41, 5.74) is 1.93. The van der Waals surface area contributed by atoms with Crippen LogP contribution in [0, 0.1) is 39.4 Å². The second kappa shape index (κ2) is 5.96. The van der Waals surface area contributed by atoms with Gasteiger partial charge in [0.1, 0.15) is 5.78 Å². The molecular weight excluding hydrogens is 364 g/mol. The third kappa shape index (κ3) is 2.20. The van der Waals surface area contributed by atoms with Crippen molar-refractivity contribution >= 4 is 11.8 Å². The Labute approximate surface area is 174 Å². The molecule has 29 heavy (non-hydrogen) atoms. The summed E-state index contributed by atoms with van der Waals surface area (Å²) in [6.45, 7) is 10.2. The van der Waals surface area contributed by atoms with E-state index in [0.717, 1.165) is 38.9 Å². The average Bonchev–Trinajstić information content (AvgIpc) is 2.64. The number of carbonyl (C=O) groups excluding carboxylic acids is 1. The second-order valence-corrected chi connectivity index (χ2v) is 11.7. The lowest BCUT2D eigenvalue weighted by atomic mass is 9.38. The third-order valence-electron chi connectivity index (χ3n) is 10.6. The molecule has 0 aromatic rings. The van der Waals surface area contributed by atoms with Gasteiger partial charge in [0, 0.05) is 22.7 Å². The fraction of sp³-hybridized carbons (Fsp3) is 0.840. The number of carbonyl (C=O) groups is 2. The van der Waals surface area contributed by atoms with Crippen LogP contribution < -0.4 is 0 Å². The molecule has 7 atom stereocenters. The predicted octanol–water partition coefficient (Wildman–Crippen LogP) is 5.02. The van der Waals surface area contributed by atoms with E-state index in [0.29, 0.717) is 12.3 Å². The van der Waals surface area contributed by atoms with Gasteiger partial charge in [-0.15, -0.1) is 0 Å². The fourth-order valence-corrected chi connectivity index (χ4v) is 8.97. The van der Waals surface area contributed by atoms with Gasteiger partial charge in [-0.05, 0) is 55.8 Å². The van der Waals surface area contributed by atoms with Gasteiger partial charge in [-0.2, -0.15) is 0 Å². The number of Topliss-reactive ketones (excluding diaryl/α,β-unsaturated/α-hetero) is 1. The summed E-state index contributed by atoms with van der Waals surface area (Å²) in [5.74, 6) is -0.554. The summed E-state index contributed by atoms with van der Waals surface area (Å²) in [5, 5.41) is 10.1. The predicted molar refractivity (Wildman–Crippen MR) is 110 cm³/mol. The Morgan fingerprint density at radius 2 is 1.83 bits per heavy atom. The Morgan fingerprint density at radius 3 is 2.55 bits per heavy atom. The molecule has 5 aliphatic rings. The van der Waals surface area contributed by atoms with Crippen molar-refractivity contribution in [2.75, 3.05) is 13.2 Å². The maximum atomic E-state index is 13.8. The van der Waals surface area contributed by atoms with Crippen LogP contribution in [-0.2, 0) is 14.3 Å². The quantitative estimate of drug-likeness (QED) is 0.628. The molecule has 2 saturated carbocycles. The van der Waals surface area contributed by atoms with Crippen LogP contribution in [0.3, 0.4) is 0 Å². The van der Waals surface area contributed by atoms with E-state index in [9.17, 15) is 14.7 Å². The van der Waals surface area contributed by atoms with E-state index in [1.54, 1.807) is 0 Å². The molecule has 3 fully saturated rings. The highest BCUT2D eigenvalue weighted by Gasteiger charge is 2.68. The van der Waals surface area contributed by atoms with Gasteiger partial charge in [0.2, 0.25) is 0 Å². The molecule has 1 N–H and O–H groups in total. The van der Waals surface area contributed by atoms with E-state index in [1.165, 1.54) is 30.4 Å². The van der Waals surface area contributed by atoms with Crippen molar-refractivity contribution in [3.05, 3.63) is 11.1 Å². The Bertz CT molecular complexity index is 800. The number of carboxylic acid groups (broad SMARTS) is 1. The van der Waals surface area contributed by atoms with Gasteiger partial charge in [-0.1, -0.05) is 45.3 Å². The molecule has 0 aromatic carbocycles. The first-order chi connectivity index (χ1) is 13.6. The Hall–Kier alpha value is -1.16. The van der Waals surface area contributed by atoms with E-state index in [1.807, 2.05) is 13.8 Å². The van der Waals surface area contributed by atoms with Crippen LogP contribution in [0.25, 0.3) is 0 Å². The largest absolute Gasteiger partial charge is 0.481 e. The summed E-state index contributed by atoms with van der Waals surface area (Å²) in [7, 11) is 0. The molecule has 4 nitrogen and oxygen atoms in total. The molecule has 0 spiro atoms. The van der Waals surface area contributed by atoms with Crippen molar-refractivity contribution in [1.82, 2.24) is 0 Å². The van der Waals surface area contributed by atoms with Gasteiger partial charge < -0.3 is 9.84 Å². The van der Waals surface area contributed by atoms with Crippen LogP contribution in [-0.4, -0.2) is 30.1 Å². The highest BCUT2D eigenvalue weighted by molar-refractivity contribution is 5.94. The topological polar surface area (TPSA) is 63.6 Å². The van der Waals surface area contributed by atoms with Crippen molar-refractivity contribution < 1.29 is 19.4 Å². The highest BCUT2D eigenvalue weighted by atomic mass is 16.5. The zero-order chi connectivity index (χ0) is 20.8. The molecule has 1 saturated heterocycles. The number of rotatable bonds is 1. The maximum Gasteiger partial charge on any atom is 0.307 e. The molecule has 1 aliphatic heterocycles. The molecule has 0 radical (unpaired) electrons. The van der Waals surface area contributed by atoms with Gasteiger partial charge in [-0.25, -0.2) is 0 Å². The highest BCUT2D eigenvalue weighted by Crippen LogP contribution is 2.71. The SMILES string of the molecule is CC1CCC2(C)C3=C(CC(=O)C2(C)C1C(=O)O)C12CCCC(C)(COC1)C2CC3. The van der Waals surface area contributed by atoms with Crippen LogP contribution in [0.5, 0.6) is 0 Å². The van der Waals surface area contributed by atoms with Crippen LogP contribution in [0.15, 0.2) is 11.1 Å². The van der Waals surface area contributed by atoms with Crippen LogP contribution in [0.2, 0.25) is 0 Å². The smallest absolute Gasteiger partial charge is 0.307 e. The van der Waals surface area contributed by atoms with Crippen LogP contribution >= 0.6 is 0 Å². The lowest BCUT2D eigenvalue weighted by molar-refractivity contribution is -0.177. The van der Waals surface area contributed by atoms with E-state index in [4.69, 9.17) is 4.74 Å². The van der Waals surface area contributed by atoms with Crippen LogP contribution in [0.1, 0.15) is 79.1 Å². The number of fused-ring (bicyclic) bond motifs is 2. The molecule has 2 bridgehead atoms. The minimum atomic E-state index is -0.799. The molecule has 0 aromatic heterocycles. The summed E-state index contributed by atoms with van der Waals surface area (Å²) in [6.07, 6.45) is 8.05. The number of ketones is 1. The van der Waals surface area contributed by atoms with Crippen molar-refractivity contribution in [2.45, 2.75) is 79.1 Å². The number of allylic oxidation sites excluding steroid dienone is 1. The number of ether oxygens (including phenoxy) is 1. The lowest BCUT2D eigenvalue weighted by Gasteiger charge is -2.66. The van der Waals surface area contributed by atoms with Crippen molar-refractivity contribution in [3.8, 4) is 0 Å². The van der Waals surface area contributed by atoms with Crippen molar-refractivity contribution in [2.24, 2.45) is 39.4 Å². The first-order valence-corrected chi connectivity index (χ1v) is 11.7. The summed E-state index contributed by atoms with van der Waals surface area (Å²) in [4.78, 5) is 26.2. The standard InChI is InChI=1S/C25H36O4/c1-15-8-11-23(3)16-6-7-18-22(2)9-5-10-25(18,14-29-13-22)17(16)12-19(26)24(23,4)20(15)21(27)28/h15,18,20H,5-14H2,1-4H3,(H,27,28).